The molecule has 0 unspecified atom stereocenters. The van der Waals surface area contributed by atoms with Crippen molar-refractivity contribution in [2.75, 3.05) is 19.7 Å². The number of rotatable bonds is 2. The summed E-state index contributed by atoms with van der Waals surface area (Å²) >= 11 is 12.1. The van der Waals surface area contributed by atoms with Gasteiger partial charge in [-0.05, 0) is 12.1 Å². The molecule has 8 heteroatoms. The summed E-state index contributed by atoms with van der Waals surface area (Å²) < 4.78 is 10.6. The zero-order chi connectivity index (χ0) is 15.7. The van der Waals surface area contributed by atoms with E-state index in [0.29, 0.717) is 42.0 Å². The third-order valence-corrected chi connectivity index (χ3v) is 4.19. The summed E-state index contributed by atoms with van der Waals surface area (Å²) in [6, 6.07) is 4.99. The maximum Gasteiger partial charge on any atom is 0.255 e. The fourth-order valence-corrected chi connectivity index (χ4v) is 2.66. The molecule has 2 aromatic rings. The van der Waals surface area contributed by atoms with E-state index in [2.05, 4.69) is 10.1 Å². The van der Waals surface area contributed by atoms with Gasteiger partial charge in [0.2, 0.25) is 11.7 Å². The van der Waals surface area contributed by atoms with Crippen LogP contribution in [0.25, 0.3) is 0 Å². The van der Waals surface area contributed by atoms with Gasteiger partial charge in [-0.3, -0.25) is 4.79 Å². The van der Waals surface area contributed by atoms with Gasteiger partial charge >= 0.3 is 0 Å². The van der Waals surface area contributed by atoms with Gasteiger partial charge in [0.05, 0.1) is 28.8 Å². The average Bonchev–Trinajstić information content (AvgIpc) is 2.96. The van der Waals surface area contributed by atoms with Crippen LogP contribution >= 0.6 is 23.2 Å². The molecule has 0 radical (unpaired) electrons. The van der Waals surface area contributed by atoms with Gasteiger partial charge in [-0.1, -0.05) is 34.4 Å². The maximum absolute atomic E-state index is 12.6. The second-order valence-corrected chi connectivity index (χ2v) is 5.67. The van der Waals surface area contributed by atoms with Crippen LogP contribution in [-0.2, 0) is 4.74 Å². The zero-order valence-electron chi connectivity index (χ0n) is 11.8. The molecule has 1 fully saturated rings. The van der Waals surface area contributed by atoms with Crippen LogP contribution in [-0.4, -0.2) is 40.6 Å². The Morgan fingerprint density at radius 2 is 2.23 bits per heavy atom. The number of aromatic nitrogens is 2. The first kappa shape index (κ1) is 15.3. The highest BCUT2D eigenvalue weighted by atomic mass is 35.5. The smallest absolute Gasteiger partial charge is 0.255 e. The molecule has 0 spiro atoms. The van der Waals surface area contributed by atoms with Crippen LogP contribution in [0.15, 0.2) is 22.7 Å². The summed E-state index contributed by atoms with van der Waals surface area (Å²) in [7, 11) is 0. The Bertz CT molecular complexity index is 704. The Morgan fingerprint density at radius 3 is 2.95 bits per heavy atom. The number of carbonyl (C=O) groups excluding carboxylic acids is 1. The van der Waals surface area contributed by atoms with Gasteiger partial charge in [0.1, 0.15) is 6.10 Å². The van der Waals surface area contributed by atoms with Gasteiger partial charge in [0.15, 0.2) is 0 Å². The fraction of sp³-hybridized carbons (Fsp3) is 0.357. The van der Waals surface area contributed by atoms with Crippen molar-refractivity contribution in [3.8, 4) is 0 Å². The highest BCUT2D eigenvalue weighted by Crippen LogP contribution is 2.28. The van der Waals surface area contributed by atoms with E-state index >= 15 is 0 Å². The Morgan fingerprint density at radius 1 is 1.41 bits per heavy atom. The van der Waals surface area contributed by atoms with Crippen LogP contribution < -0.4 is 0 Å². The minimum atomic E-state index is -0.409. The van der Waals surface area contributed by atoms with Gasteiger partial charge in [0.25, 0.3) is 5.91 Å². The van der Waals surface area contributed by atoms with Gasteiger partial charge in [-0.2, -0.15) is 4.98 Å². The second-order valence-electron chi connectivity index (χ2n) is 4.88. The highest BCUT2D eigenvalue weighted by Gasteiger charge is 2.30. The van der Waals surface area contributed by atoms with E-state index in [-0.39, 0.29) is 10.9 Å². The lowest BCUT2D eigenvalue weighted by Gasteiger charge is -2.31. The number of nitrogens with zero attached hydrogens (tertiary/aromatic N) is 3. The van der Waals surface area contributed by atoms with Crippen LogP contribution in [0, 0.1) is 6.92 Å². The van der Waals surface area contributed by atoms with E-state index in [9.17, 15) is 4.79 Å². The third-order valence-electron chi connectivity index (χ3n) is 3.37. The molecular formula is C14H13Cl2N3O3. The van der Waals surface area contributed by atoms with Crippen molar-refractivity contribution in [3.63, 3.8) is 0 Å². The van der Waals surface area contributed by atoms with Crippen LogP contribution in [0.2, 0.25) is 10.0 Å². The first-order chi connectivity index (χ1) is 10.6. The molecule has 1 aromatic carbocycles. The van der Waals surface area contributed by atoms with E-state index < -0.39 is 6.10 Å². The Labute approximate surface area is 136 Å². The number of halogens is 2. The zero-order valence-corrected chi connectivity index (χ0v) is 13.3. The number of carbonyl (C=O) groups is 1. The van der Waals surface area contributed by atoms with Gasteiger partial charge in [0, 0.05) is 13.5 Å². The molecule has 116 valence electrons. The molecule has 1 aliphatic heterocycles. The molecular weight excluding hydrogens is 329 g/mol. The minimum absolute atomic E-state index is 0.194. The predicted molar refractivity (Wildman–Crippen MR) is 80.1 cm³/mol. The molecule has 6 nitrogen and oxygen atoms in total. The van der Waals surface area contributed by atoms with E-state index in [1.807, 2.05) is 0 Å². The molecule has 2 heterocycles. The van der Waals surface area contributed by atoms with Crippen molar-refractivity contribution < 1.29 is 14.1 Å². The average molecular weight is 342 g/mol. The lowest BCUT2D eigenvalue weighted by atomic mass is 10.1. The summed E-state index contributed by atoms with van der Waals surface area (Å²) in [5.74, 6) is 0.702. The maximum atomic E-state index is 12.6. The molecule has 1 aliphatic rings. The molecule has 0 saturated carbocycles. The molecule has 0 bridgehead atoms. The molecule has 1 atom stereocenters. The SMILES string of the molecule is Cc1nc([C@@H]2CN(C(=O)c3cccc(Cl)c3Cl)CCO2)no1. The topological polar surface area (TPSA) is 68.5 Å². The van der Waals surface area contributed by atoms with E-state index in [0.717, 1.165) is 0 Å². The fourth-order valence-electron chi connectivity index (χ4n) is 2.28. The number of ether oxygens (including phenoxy) is 1. The summed E-state index contributed by atoms with van der Waals surface area (Å²) in [4.78, 5) is 18.4. The third kappa shape index (κ3) is 2.95. The lowest BCUT2D eigenvalue weighted by Crippen LogP contribution is -2.42. The number of aryl methyl sites for hydroxylation is 1. The van der Waals surface area contributed by atoms with Gasteiger partial charge in [-0.25, -0.2) is 0 Å². The number of amides is 1. The van der Waals surface area contributed by atoms with Crippen LogP contribution in [0.1, 0.15) is 28.2 Å². The van der Waals surface area contributed by atoms with Crippen molar-refractivity contribution in [1.82, 2.24) is 15.0 Å². The second kappa shape index (κ2) is 6.24. The molecule has 0 aliphatic carbocycles. The van der Waals surface area contributed by atoms with E-state index in [1.165, 1.54) is 0 Å². The van der Waals surface area contributed by atoms with Crippen molar-refractivity contribution in [1.29, 1.82) is 0 Å². The number of hydrogen-bond acceptors (Lipinski definition) is 5. The Kier molecular flexibility index (Phi) is 4.33. The molecule has 1 saturated heterocycles. The normalized spacial score (nSPS) is 18.5. The summed E-state index contributed by atoms with van der Waals surface area (Å²) in [6.45, 7) is 2.89. The van der Waals surface area contributed by atoms with Crippen molar-refractivity contribution in [2.45, 2.75) is 13.0 Å². The first-order valence-electron chi connectivity index (χ1n) is 6.71. The van der Waals surface area contributed by atoms with Crippen molar-refractivity contribution in [3.05, 3.63) is 45.5 Å². The van der Waals surface area contributed by atoms with Crippen LogP contribution in [0.5, 0.6) is 0 Å². The summed E-state index contributed by atoms with van der Waals surface area (Å²) in [6.07, 6.45) is -0.409. The van der Waals surface area contributed by atoms with Crippen LogP contribution in [0.3, 0.4) is 0 Å². The van der Waals surface area contributed by atoms with Crippen molar-refractivity contribution >= 4 is 29.1 Å². The summed E-state index contributed by atoms with van der Waals surface area (Å²) in [5, 5.41) is 4.45. The molecule has 1 amide bonds. The number of morpholine rings is 1. The van der Waals surface area contributed by atoms with Gasteiger partial charge in [-0.15, -0.1) is 0 Å². The standard InChI is InChI=1S/C14H13Cl2N3O3/c1-8-17-13(18-22-8)11-7-19(5-6-21-11)14(20)9-3-2-4-10(15)12(9)16/h2-4,11H,5-7H2,1H3/t11-/m0/s1. The van der Waals surface area contributed by atoms with E-state index in [1.54, 1.807) is 30.0 Å². The van der Waals surface area contributed by atoms with Crippen molar-refractivity contribution in [2.24, 2.45) is 0 Å². The quantitative estimate of drug-likeness (QED) is 0.839. The van der Waals surface area contributed by atoms with E-state index in [4.69, 9.17) is 32.5 Å². The highest BCUT2D eigenvalue weighted by molar-refractivity contribution is 6.43. The summed E-state index contributed by atoms with van der Waals surface area (Å²) in [5.41, 5.74) is 0.374. The van der Waals surface area contributed by atoms with Gasteiger partial charge < -0.3 is 14.2 Å². The monoisotopic (exact) mass is 341 g/mol. The Balaban J connectivity index is 1.79. The molecule has 22 heavy (non-hydrogen) atoms. The predicted octanol–water partition coefficient (Wildman–Crippen LogP) is 2.90. The lowest BCUT2D eigenvalue weighted by molar-refractivity contribution is -0.0276. The number of hydrogen-bond donors (Lipinski definition) is 0. The largest absolute Gasteiger partial charge is 0.366 e. The Hall–Kier alpha value is -1.63. The molecule has 0 N–H and O–H groups in total. The molecule has 3 rings (SSSR count). The van der Waals surface area contributed by atoms with Crippen LogP contribution in [0.4, 0.5) is 0 Å². The number of benzene rings is 1. The minimum Gasteiger partial charge on any atom is -0.366 e. The first-order valence-corrected chi connectivity index (χ1v) is 7.47. The molecule has 1 aromatic heterocycles.